The molecule has 88 valence electrons. The highest BCUT2D eigenvalue weighted by molar-refractivity contribution is 9.10. The molecule has 0 N–H and O–H groups in total. The van der Waals surface area contributed by atoms with Crippen molar-refractivity contribution in [1.29, 1.82) is 0 Å². The predicted molar refractivity (Wildman–Crippen MR) is 70.5 cm³/mol. The van der Waals surface area contributed by atoms with Crippen LogP contribution in [0.15, 0.2) is 41.0 Å². The highest BCUT2D eigenvalue weighted by Crippen LogP contribution is 2.32. The number of aromatic nitrogens is 1. The Hall–Kier alpha value is -1.55. The van der Waals surface area contributed by atoms with Crippen molar-refractivity contribution in [2.45, 2.75) is 0 Å². The van der Waals surface area contributed by atoms with Crippen molar-refractivity contribution in [3.63, 3.8) is 0 Å². The fourth-order valence-electron chi connectivity index (χ4n) is 1.55. The molecule has 1 aromatic carbocycles. The Balaban J connectivity index is 2.47. The van der Waals surface area contributed by atoms with Gasteiger partial charge < -0.3 is 9.47 Å². The zero-order chi connectivity index (χ0) is 12.3. The lowest BCUT2D eigenvalue weighted by atomic mass is 10.1. The highest BCUT2D eigenvalue weighted by Gasteiger charge is 2.08. The minimum atomic E-state index is 0.749. The summed E-state index contributed by atoms with van der Waals surface area (Å²) in [4.78, 5) is 4.34. The van der Waals surface area contributed by atoms with E-state index >= 15 is 0 Å². The summed E-state index contributed by atoms with van der Waals surface area (Å²) in [5.41, 5.74) is 1.81. The number of hydrogen-bond donors (Lipinski definition) is 0. The van der Waals surface area contributed by atoms with Crippen LogP contribution in [-0.2, 0) is 0 Å². The normalized spacial score (nSPS) is 10.1. The van der Waals surface area contributed by atoms with Gasteiger partial charge in [0.05, 0.1) is 19.9 Å². The first-order valence-corrected chi connectivity index (χ1v) is 5.88. The highest BCUT2D eigenvalue weighted by atomic mass is 79.9. The van der Waals surface area contributed by atoms with E-state index in [4.69, 9.17) is 9.47 Å². The van der Waals surface area contributed by atoms with E-state index in [2.05, 4.69) is 20.9 Å². The molecule has 0 aliphatic carbocycles. The van der Waals surface area contributed by atoms with Gasteiger partial charge in [0.15, 0.2) is 0 Å². The van der Waals surface area contributed by atoms with Crippen LogP contribution in [0, 0.1) is 0 Å². The summed E-state index contributed by atoms with van der Waals surface area (Å²) in [6.45, 7) is 0. The van der Waals surface area contributed by atoms with Gasteiger partial charge in [-0.15, -0.1) is 0 Å². The maximum Gasteiger partial charge on any atom is 0.131 e. The van der Waals surface area contributed by atoms with Crippen LogP contribution >= 0.6 is 15.9 Å². The van der Waals surface area contributed by atoms with E-state index in [1.54, 1.807) is 20.4 Å². The average molecular weight is 294 g/mol. The summed E-state index contributed by atoms with van der Waals surface area (Å²) in [7, 11) is 3.27. The van der Waals surface area contributed by atoms with E-state index in [9.17, 15) is 0 Å². The Bertz CT molecular complexity index is 511. The smallest absolute Gasteiger partial charge is 0.131 e. The molecule has 0 amide bonds. The monoisotopic (exact) mass is 293 g/mol. The van der Waals surface area contributed by atoms with Crippen LogP contribution in [0.3, 0.4) is 0 Å². The minimum Gasteiger partial charge on any atom is -0.497 e. The molecular weight excluding hydrogens is 282 g/mol. The van der Waals surface area contributed by atoms with E-state index in [0.717, 1.165) is 27.2 Å². The zero-order valence-electron chi connectivity index (χ0n) is 9.61. The van der Waals surface area contributed by atoms with Gasteiger partial charge in [0.1, 0.15) is 11.5 Å². The molecule has 0 atom stereocenters. The van der Waals surface area contributed by atoms with Gasteiger partial charge in [-0.05, 0) is 40.2 Å². The number of halogens is 1. The second-order valence-corrected chi connectivity index (χ2v) is 4.34. The van der Waals surface area contributed by atoms with E-state index in [-0.39, 0.29) is 0 Å². The fraction of sp³-hybridized carbons (Fsp3) is 0.154. The lowest BCUT2D eigenvalue weighted by Gasteiger charge is -2.09. The molecule has 0 aliphatic rings. The molecule has 0 saturated carbocycles. The quantitative estimate of drug-likeness (QED) is 0.868. The molecule has 4 heteroatoms. The van der Waals surface area contributed by atoms with Crippen LogP contribution in [0.4, 0.5) is 0 Å². The molecule has 3 nitrogen and oxygen atoms in total. The lowest BCUT2D eigenvalue weighted by Crippen LogP contribution is -1.91. The molecule has 0 unspecified atom stereocenters. The standard InChI is InChI=1S/C13H12BrNO2/c1-16-10-4-5-11(13(7-10)17-2)12-6-3-9(14)8-15-12/h3-8H,1-2H3. The maximum absolute atomic E-state index is 5.34. The van der Waals surface area contributed by atoms with Crippen molar-refractivity contribution >= 4 is 15.9 Å². The molecule has 0 bridgehead atoms. The maximum atomic E-state index is 5.34. The van der Waals surface area contributed by atoms with Gasteiger partial charge >= 0.3 is 0 Å². The van der Waals surface area contributed by atoms with Gasteiger partial charge in [0.2, 0.25) is 0 Å². The SMILES string of the molecule is COc1ccc(-c2ccc(Br)cn2)c(OC)c1. The summed E-state index contributed by atoms with van der Waals surface area (Å²) in [5, 5.41) is 0. The number of benzene rings is 1. The molecule has 1 heterocycles. The third-order valence-electron chi connectivity index (χ3n) is 2.41. The molecule has 0 spiro atoms. The van der Waals surface area contributed by atoms with Crippen LogP contribution < -0.4 is 9.47 Å². The Morgan fingerprint density at radius 2 is 1.88 bits per heavy atom. The van der Waals surface area contributed by atoms with Crippen molar-refractivity contribution < 1.29 is 9.47 Å². The summed E-state index contributed by atoms with van der Waals surface area (Å²) in [5.74, 6) is 1.52. The second-order valence-electron chi connectivity index (χ2n) is 3.43. The third kappa shape index (κ3) is 2.58. The molecule has 0 radical (unpaired) electrons. The molecule has 1 aromatic heterocycles. The molecular formula is C13H12BrNO2. The van der Waals surface area contributed by atoms with E-state index < -0.39 is 0 Å². The van der Waals surface area contributed by atoms with Crippen LogP contribution in [-0.4, -0.2) is 19.2 Å². The second kappa shape index (κ2) is 5.19. The average Bonchev–Trinajstić information content (AvgIpc) is 2.39. The number of ether oxygens (including phenoxy) is 2. The number of pyridine rings is 1. The molecule has 2 rings (SSSR count). The van der Waals surface area contributed by atoms with Crippen LogP contribution in [0.25, 0.3) is 11.3 Å². The lowest BCUT2D eigenvalue weighted by molar-refractivity contribution is 0.395. The van der Waals surface area contributed by atoms with Crippen molar-refractivity contribution in [2.75, 3.05) is 14.2 Å². The first-order chi connectivity index (χ1) is 8.24. The number of hydrogen-bond acceptors (Lipinski definition) is 3. The van der Waals surface area contributed by atoms with Gasteiger partial charge in [-0.25, -0.2) is 0 Å². The zero-order valence-corrected chi connectivity index (χ0v) is 11.2. The Morgan fingerprint density at radius 3 is 2.47 bits per heavy atom. The first-order valence-electron chi connectivity index (χ1n) is 5.08. The minimum absolute atomic E-state index is 0.749. The van der Waals surface area contributed by atoms with Gasteiger partial charge in [0.25, 0.3) is 0 Å². The van der Waals surface area contributed by atoms with Gasteiger partial charge in [0, 0.05) is 22.3 Å². The third-order valence-corrected chi connectivity index (χ3v) is 2.88. The summed E-state index contributed by atoms with van der Waals surface area (Å²) in [6, 6.07) is 9.56. The summed E-state index contributed by atoms with van der Waals surface area (Å²) >= 11 is 3.36. The Kier molecular flexibility index (Phi) is 3.64. The van der Waals surface area contributed by atoms with Crippen molar-refractivity contribution in [2.24, 2.45) is 0 Å². The summed E-state index contributed by atoms with van der Waals surface area (Å²) in [6.07, 6.45) is 1.76. The number of methoxy groups -OCH3 is 2. The number of rotatable bonds is 3. The first kappa shape index (κ1) is 11.9. The van der Waals surface area contributed by atoms with Gasteiger partial charge in [-0.1, -0.05) is 0 Å². The fourth-order valence-corrected chi connectivity index (χ4v) is 1.78. The van der Waals surface area contributed by atoms with Crippen molar-refractivity contribution in [3.8, 4) is 22.8 Å². The summed E-state index contributed by atoms with van der Waals surface area (Å²) < 4.78 is 11.5. The van der Waals surface area contributed by atoms with Gasteiger partial charge in [-0.2, -0.15) is 0 Å². The van der Waals surface area contributed by atoms with Crippen molar-refractivity contribution in [3.05, 3.63) is 41.0 Å². The van der Waals surface area contributed by atoms with Crippen LogP contribution in [0.5, 0.6) is 11.5 Å². The predicted octanol–water partition coefficient (Wildman–Crippen LogP) is 3.53. The molecule has 0 fully saturated rings. The Labute approximate surface area is 109 Å². The largest absolute Gasteiger partial charge is 0.497 e. The van der Waals surface area contributed by atoms with Crippen molar-refractivity contribution in [1.82, 2.24) is 4.98 Å². The molecule has 2 aromatic rings. The van der Waals surface area contributed by atoms with E-state index in [0.29, 0.717) is 0 Å². The van der Waals surface area contributed by atoms with E-state index in [1.165, 1.54) is 0 Å². The molecule has 17 heavy (non-hydrogen) atoms. The van der Waals surface area contributed by atoms with E-state index in [1.807, 2.05) is 30.3 Å². The Morgan fingerprint density at radius 1 is 1.06 bits per heavy atom. The van der Waals surface area contributed by atoms with Gasteiger partial charge in [-0.3, -0.25) is 4.98 Å². The number of nitrogens with zero attached hydrogens (tertiary/aromatic N) is 1. The van der Waals surface area contributed by atoms with Crippen LogP contribution in [0.1, 0.15) is 0 Å². The molecule has 0 aliphatic heterocycles. The van der Waals surface area contributed by atoms with Crippen LogP contribution in [0.2, 0.25) is 0 Å². The topological polar surface area (TPSA) is 31.4 Å². The molecule has 0 saturated heterocycles.